The Morgan fingerprint density at radius 3 is 2.59 bits per heavy atom. The highest BCUT2D eigenvalue weighted by Crippen LogP contribution is 2.21. The molecule has 0 bridgehead atoms. The Morgan fingerprint density at radius 2 is 2.05 bits per heavy atom. The lowest BCUT2D eigenvalue weighted by atomic mass is 10.0. The van der Waals surface area contributed by atoms with Crippen molar-refractivity contribution in [2.45, 2.75) is 39.3 Å². The third kappa shape index (κ3) is 5.52. The van der Waals surface area contributed by atoms with Crippen LogP contribution in [-0.2, 0) is 0 Å². The Morgan fingerprint density at radius 1 is 1.36 bits per heavy atom. The molecule has 1 rings (SSSR count). The van der Waals surface area contributed by atoms with Gasteiger partial charge in [0.05, 0.1) is 19.3 Å². The summed E-state index contributed by atoms with van der Waals surface area (Å²) < 4.78 is 18.5. The van der Waals surface area contributed by atoms with Gasteiger partial charge in [0, 0.05) is 6.54 Å². The van der Waals surface area contributed by atoms with E-state index >= 15 is 0 Å². The normalized spacial score (nSPS) is 13.6. The van der Waals surface area contributed by atoms with Gasteiger partial charge in [-0.25, -0.2) is 9.18 Å². The van der Waals surface area contributed by atoms with Gasteiger partial charge in [-0.2, -0.15) is 0 Å². The molecule has 0 aromatic heterocycles. The highest BCUT2D eigenvalue weighted by atomic mass is 19.1. The van der Waals surface area contributed by atoms with Gasteiger partial charge < -0.3 is 20.5 Å². The fourth-order valence-electron chi connectivity index (χ4n) is 1.95. The highest BCUT2D eigenvalue weighted by Gasteiger charge is 2.13. The predicted octanol–water partition coefficient (Wildman–Crippen LogP) is 2.60. The molecule has 0 heterocycles. The van der Waals surface area contributed by atoms with Crippen LogP contribution in [-0.4, -0.2) is 30.9 Å². The lowest BCUT2D eigenvalue weighted by Gasteiger charge is -2.17. The zero-order valence-electron chi connectivity index (χ0n) is 13.5. The van der Waals surface area contributed by atoms with Gasteiger partial charge in [0.2, 0.25) is 0 Å². The number of aliphatic hydroxyl groups is 1. The lowest BCUT2D eigenvalue weighted by Crippen LogP contribution is -2.38. The number of halogens is 1. The van der Waals surface area contributed by atoms with Crippen LogP contribution in [0.1, 0.15) is 38.8 Å². The molecule has 0 aliphatic rings. The van der Waals surface area contributed by atoms with Gasteiger partial charge in [0.25, 0.3) is 0 Å². The number of hydrogen-bond acceptors (Lipinski definition) is 3. The molecule has 1 aromatic carbocycles. The number of nitrogens with one attached hydrogen (secondary N) is 2. The van der Waals surface area contributed by atoms with Crippen molar-refractivity contribution >= 4 is 6.03 Å². The van der Waals surface area contributed by atoms with E-state index in [1.165, 1.54) is 19.2 Å². The van der Waals surface area contributed by atoms with Crippen LogP contribution < -0.4 is 15.4 Å². The van der Waals surface area contributed by atoms with Gasteiger partial charge >= 0.3 is 6.03 Å². The highest BCUT2D eigenvalue weighted by molar-refractivity contribution is 5.74. The molecule has 22 heavy (non-hydrogen) atoms. The van der Waals surface area contributed by atoms with Crippen molar-refractivity contribution in [1.29, 1.82) is 0 Å². The minimum Gasteiger partial charge on any atom is -0.494 e. The van der Waals surface area contributed by atoms with E-state index in [0.29, 0.717) is 18.5 Å². The Balaban J connectivity index is 2.45. The van der Waals surface area contributed by atoms with Gasteiger partial charge in [-0.15, -0.1) is 0 Å². The molecule has 2 atom stereocenters. The molecule has 0 aliphatic heterocycles. The molecular formula is C16H25FN2O3. The van der Waals surface area contributed by atoms with Crippen molar-refractivity contribution in [3.8, 4) is 5.75 Å². The van der Waals surface area contributed by atoms with E-state index in [4.69, 9.17) is 4.74 Å². The second kappa shape index (κ2) is 8.58. The van der Waals surface area contributed by atoms with Crippen LogP contribution in [0.2, 0.25) is 0 Å². The summed E-state index contributed by atoms with van der Waals surface area (Å²) >= 11 is 0. The van der Waals surface area contributed by atoms with Crippen LogP contribution in [0.25, 0.3) is 0 Å². The smallest absolute Gasteiger partial charge is 0.315 e. The average Bonchev–Trinajstić information content (AvgIpc) is 2.46. The van der Waals surface area contributed by atoms with E-state index in [1.54, 1.807) is 13.0 Å². The number of urea groups is 1. The van der Waals surface area contributed by atoms with Crippen LogP contribution in [0, 0.1) is 11.7 Å². The molecule has 0 saturated carbocycles. The first-order chi connectivity index (χ1) is 10.3. The van der Waals surface area contributed by atoms with Crippen LogP contribution in [0.15, 0.2) is 18.2 Å². The Hall–Kier alpha value is -1.82. The second-order valence-electron chi connectivity index (χ2n) is 5.62. The van der Waals surface area contributed by atoms with E-state index in [-0.39, 0.29) is 23.7 Å². The summed E-state index contributed by atoms with van der Waals surface area (Å²) in [7, 11) is 1.40. The van der Waals surface area contributed by atoms with Crippen LogP contribution in [0.3, 0.4) is 0 Å². The number of aliphatic hydroxyl groups excluding tert-OH is 1. The summed E-state index contributed by atoms with van der Waals surface area (Å²) in [6.45, 7) is 5.99. The van der Waals surface area contributed by atoms with Gasteiger partial charge in [-0.05, 0) is 37.0 Å². The van der Waals surface area contributed by atoms with Crippen LogP contribution in [0.5, 0.6) is 5.75 Å². The van der Waals surface area contributed by atoms with Gasteiger partial charge in [0.15, 0.2) is 11.6 Å². The SMILES string of the molecule is COc1ccc(C(C)NC(=O)NCCC(O)C(C)C)cc1F. The van der Waals surface area contributed by atoms with E-state index in [2.05, 4.69) is 10.6 Å². The number of methoxy groups -OCH3 is 1. The molecule has 0 spiro atoms. The maximum Gasteiger partial charge on any atom is 0.315 e. The van der Waals surface area contributed by atoms with Crippen LogP contribution in [0.4, 0.5) is 9.18 Å². The molecule has 0 fully saturated rings. The van der Waals surface area contributed by atoms with Crippen molar-refractivity contribution in [3.63, 3.8) is 0 Å². The summed E-state index contributed by atoms with van der Waals surface area (Å²) in [4.78, 5) is 11.8. The predicted molar refractivity (Wildman–Crippen MR) is 83.4 cm³/mol. The third-order valence-electron chi connectivity index (χ3n) is 3.52. The minimum atomic E-state index is -0.464. The largest absolute Gasteiger partial charge is 0.494 e. The summed E-state index contributed by atoms with van der Waals surface area (Å²) in [5, 5.41) is 15.1. The number of rotatable bonds is 7. The zero-order chi connectivity index (χ0) is 16.7. The first-order valence-corrected chi connectivity index (χ1v) is 7.41. The number of carbonyl (C=O) groups excluding carboxylic acids is 1. The second-order valence-corrected chi connectivity index (χ2v) is 5.62. The van der Waals surface area contributed by atoms with Crippen LogP contribution >= 0.6 is 0 Å². The molecule has 124 valence electrons. The Labute approximate surface area is 130 Å². The fourth-order valence-corrected chi connectivity index (χ4v) is 1.95. The monoisotopic (exact) mass is 312 g/mol. The Bertz CT molecular complexity index is 494. The van der Waals surface area contributed by atoms with Crippen molar-refractivity contribution in [2.75, 3.05) is 13.7 Å². The molecule has 5 nitrogen and oxygen atoms in total. The number of hydrogen-bond donors (Lipinski definition) is 3. The van der Waals surface area contributed by atoms with Crippen molar-refractivity contribution < 1.29 is 19.0 Å². The standard InChI is InChI=1S/C16H25FN2O3/c1-10(2)14(20)7-8-18-16(21)19-11(3)12-5-6-15(22-4)13(17)9-12/h5-6,9-11,14,20H,7-8H2,1-4H3,(H2,18,19,21). The molecule has 2 unspecified atom stereocenters. The topological polar surface area (TPSA) is 70.6 Å². The zero-order valence-corrected chi connectivity index (χ0v) is 13.5. The average molecular weight is 312 g/mol. The maximum absolute atomic E-state index is 13.6. The number of benzene rings is 1. The first-order valence-electron chi connectivity index (χ1n) is 7.41. The van der Waals surface area contributed by atoms with E-state index in [9.17, 15) is 14.3 Å². The van der Waals surface area contributed by atoms with E-state index in [1.807, 2.05) is 13.8 Å². The fraction of sp³-hybridized carbons (Fsp3) is 0.562. The lowest BCUT2D eigenvalue weighted by molar-refractivity contribution is 0.116. The molecule has 1 aromatic rings. The quantitative estimate of drug-likeness (QED) is 0.725. The first kappa shape index (κ1) is 18.2. The molecule has 0 saturated heterocycles. The number of carbonyl (C=O) groups is 1. The molecule has 0 aliphatic carbocycles. The molecule has 3 N–H and O–H groups in total. The van der Waals surface area contributed by atoms with Crippen molar-refractivity contribution in [1.82, 2.24) is 10.6 Å². The molecule has 0 radical (unpaired) electrons. The van der Waals surface area contributed by atoms with Gasteiger partial charge in [-0.1, -0.05) is 19.9 Å². The number of ether oxygens (including phenoxy) is 1. The minimum absolute atomic E-state index is 0.158. The summed E-state index contributed by atoms with van der Waals surface area (Å²) in [5.74, 6) is -0.136. The van der Waals surface area contributed by atoms with E-state index < -0.39 is 11.9 Å². The molecule has 2 amide bonds. The van der Waals surface area contributed by atoms with Crippen molar-refractivity contribution in [2.24, 2.45) is 5.92 Å². The molecular weight excluding hydrogens is 287 g/mol. The molecule has 6 heteroatoms. The van der Waals surface area contributed by atoms with Gasteiger partial charge in [-0.3, -0.25) is 0 Å². The summed E-state index contributed by atoms with van der Waals surface area (Å²) in [6, 6.07) is 3.89. The number of amides is 2. The maximum atomic E-state index is 13.6. The Kier molecular flexibility index (Phi) is 7.11. The van der Waals surface area contributed by atoms with Crippen molar-refractivity contribution in [3.05, 3.63) is 29.6 Å². The van der Waals surface area contributed by atoms with Gasteiger partial charge in [0.1, 0.15) is 0 Å². The van der Waals surface area contributed by atoms with E-state index in [0.717, 1.165) is 0 Å². The summed E-state index contributed by atoms with van der Waals surface area (Å²) in [5.41, 5.74) is 0.649. The third-order valence-corrected chi connectivity index (χ3v) is 3.52. The summed E-state index contributed by atoms with van der Waals surface area (Å²) in [6.07, 6.45) is 0.0600.